The molecular formula is C16H34N2. The van der Waals surface area contributed by atoms with E-state index in [-0.39, 0.29) is 0 Å². The molecule has 1 aliphatic rings. The third-order valence-electron chi connectivity index (χ3n) is 4.67. The minimum atomic E-state index is 0.674. The zero-order valence-corrected chi connectivity index (χ0v) is 13.0. The van der Waals surface area contributed by atoms with Crippen LogP contribution in [0.3, 0.4) is 0 Å². The van der Waals surface area contributed by atoms with Gasteiger partial charge in [0.2, 0.25) is 0 Å². The molecule has 0 amide bonds. The normalized spacial score (nSPS) is 25.7. The summed E-state index contributed by atoms with van der Waals surface area (Å²) in [4.78, 5) is 2.43. The lowest BCUT2D eigenvalue weighted by Crippen LogP contribution is -2.33. The highest BCUT2D eigenvalue weighted by molar-refractivity contribution is 4.74. The van der Waals surface area contributed by atoms with Crippen molar-refractivity contribution in [3.05, 3.63) is 0 Å². The highest BCUT2D eigenvalue weighted by Crippen LogP contribution is 2.25. The molecule has 2 heteroatoms. The number of nitrogens with one attached hydrogen (secondary N) is 1. The van der Waals surface area contributed by atoms with Gasteiger partial charge < -0.3 is 10.2 Å². The molecule has 0 bridgehead atoms. The summed E-state index contributed by atoms with van der Waals surface area (Å²) in [7, 11) is 2.22. The maximum Gasteiger partial charge on any atom is 0.00671 e. The Labute approximate surface area is 115 Å². The van der Waals surface area contributed by atoms with Gasteiger partial charge >= 0.3 is 0 Å². The molecule has 2 unspecified atom stereocenters. The molecular weight excluding hydrogens is 220 g/mol. The Balaban J connectivity index is 2.08. The summed E-state index contributed by atoms with van der Waals surface area (Å²) in [6, 6.07) is 1.47. The second-order valence-corrected chi connectivity index (χ2v) is 6.36. The fraction of sp³-hybridized carbons (Fsp3) is 1.00. The maximum absolute atomic E-state index is 3.77. The van der Waals surface area contributed by atoms with Gasteiger partial charge in [-0.05, 0) is 65.6 Å². The molecule has 1 aliphatic carbocycles. The molecule has 1 N–H and O–H groups in total. The van der Waals surface area contributed by atoms with Crippen LogP contribution in [0.4, 0.5) is 0 Å². The van der Waals surface area contributed by atoms with E-state index in [9.17, 15) is 0 Å². The van der Waals surface area contributed by atoms with Gasteiger partial charge in [-0.15, -0.1) is 0 Å². The first kappa shape index (κ1) is 16.0. The van der Waals surface area contributed by atoms with Crippen LogP contribution in [0.25, 0.3) is 0 Å². The predicted octanol–water partition coefficient (Wildman–Crippen LogP) is 3.67. The van der Waals surface area contributed by atoms with Gasteiger partial charge in [-0.1, -0.05) is 26.2 Å². The van der Waals surface area contributed by atoms with Crippen molar-refractivity contribution in [1.29, 1.82) is 0 Å². The van der Waals surface area contributed by atoms with E-state index in [4.69, 9.17) is 0 Å². The Hall–Kier alpha value is -0.0800. The van der Waals surface area contributed by atoms with E-state index in [2.05, 4.69) is 38.0 Å². The molecule has 0 spiro atoms. The number of hydrogen-bond acceptors (Lipinski definition) is 2. The van der Waals surface area contributed by atoms with Gasteiger partial charge in [0.15, 0.2) is 0 Å². The monoisotopic (exact) mass is 254 g/mol. The van der Waals surface area contributed by atoms with Crippen LogP contribution in [0.2, 0.25) is 0 Å². The summed E-state index contributed by atoms with van der Waals surface area (Å²) in [6.45, 7) is 9.29. The standard InChI is InChI=1S/C16H34N2/c1-5-15-8-6-9-16(11-10-15)17-12-7-13-18(4)14(2)3/h14-17H,5-13H2,1-4H3. The van der Waals surface area contributed by atoms with E-state index in [1.807, 2.05) is 0 Å². The van der Waals surface area contributed by atoms with Crippen molar-refractivity contribution < 1.29 is 0 Å². The van der Waals surface area contributed by atoms with E-state index >= 15 is 0 Å². The van der Waals surface area contributed by atoms with Gasteiger partial charge in [0.1, 0.15) is 0 Å². The second kappa shape index (κ2) is 8.92. The average Bonchev–Trinajstić information content (AvgIpc) is 2.59. The van der Waals surface area contributed by atoms with Crippen LogP contribution < -0.4 is 5.32 Å². The molecule has 1 rings (SSSR count). The molecule has 108 valence electrons. The number of rotatable bonds is 7. The van der Waals surface area contributed by atoms with Crippen molar-refractivity contribution in [1.82, 2.24) is 10.2 Å². The second-order valence-electron chi connectivity index (χ2n) is 6.36. The van der Waals surface area contributed by atoms with Gasteiger partial charge in [0.25, 0.3) is 0 Å². The Morgan fingerprint density at radius 3 is 2.61 bits per heavy atom. The molecule has 0 heterocycles. The molecule has 0 aromatic heterocycles. The molecule has 1 fully saturated rings. The van der Waals surface area contributed by atoms with Gasteiger partial charge in [0.05, 0.1) is 0 Å². The summed E-state index contributed by atoms with van der Waals surface area (Å²) in [5, 5.41) is 3.77. The third kappa shape index (κ3) is 6.19. The summed E-state index contributed by atoms with van der Waals surface area (Å²) in [6.07, 6.45) is 9.80. The molecule has 0 radical (unpaired) electrons. The predicted molar refractivity (Wildman–Crippen MR) is 81.0 cm³/mol. The maximum atomic E-state index is 3.77. The van der Waals surface area contributed by atoms with Crippen LogP contribution in [0.15, 0.2) is 0 Å². The van der Waals surface area contributed by atoms with Crippen LogP contribution in [-0.4, -0.2) is 37.1 Å². The van der Waals surface area contributed by atoms with E-state index in [0.717, 1.165) is 12.0 Å². The lowest BCUT2D eigenvalue weighted by atomic mass is 9.98. The van der Waals surface area contributed by atoms with Gasteiger partial charge in [0, 0.05) is 12.1 Å². The van der Waals surface area contributed by atoms with Crippen molar-refractivity contribution in [3.63, 3.8) is 0 Å². The zero-order chi connectivity index (χ0) is 13.4. The molecule has 1 saturated carbocycles. The number of hydrogen-bond donors (Lipinski definition) is 1. The lowest BCUT2D eigenvalue weighted by Gasteiger charge is -2.22. The van der Waals surface area contributed by atoms with Crippen molar-refractivity contribution in [2.24, 2.45) is 5.92 Å². The zero-order valence-electron chi connectivity index (χ0n) is 13.0. The first-order valence-corrected chi connectivity index (χ1v) is 8.07. The van der Waals surface area contributed by atoms with E-state index in [0.29, 0.717) is 6.04 Å². The minimum Gasteiger partial charge on any atom is -0.314 e. The first-order chi connectivity index (χ1) is 8.63. The molecule has 0 saturated heterocycles. The minimum absolute atomic E-state index is 0.674. The molecule has 0 aliphatic heterocycles. The number of nitrogens with zero attached hydrogens (tertiary/aromatic N) is 1. The lowest BCUT2D eigenvalue weighted by molar-refractivity contribution is 0.267. The molecule has 18 heavy (non-hydrogen) atoms. The van der Waals surface area contributed by atoms with E-state index in [1.54, 1.807) is 0 Å². The Bertz CT molecular complexity index is 203. The highest BCUT2D eigenvalue weighted by Gasteiger charge is 2.16. The van der Waals surface area contributed by atoms with Crippen molar-refractivity contribution in [2.45, 2.75) is 77.8 Å². The van der Waals surface area contributed by atoms with Crippen molar-refractivity contribution in [3.8, 4) is 0 Å². The van der Waals surface area contributed by atoms with Crippen LogP contribution in [0.1, 0.15) is 65.7 Å². The van der Waals surface area contributed by atoms with Gasteiger partial charge in [-0.2, -0.15) is 0 Å². The SMILES string of the molecule is CCC1CCCC(NCCCN(C)C(C)C)CC1. The summed E-state index contributed by atoms with van der Waals surface area (Å²) < 4.78 is 0. The van der Waals surface area contributed by atoms with Crippen molar-refractivity contribution >= 4 is 0 Å². The summed E-state index contributed by atoms with van der Waals surface area (Å²) in [5.74, 6) is 1.00. The molecule has 2 nitrogen and oxygen atoms in total. The first-order valence-electron chi connectivity index (χ1n) is 8.07. The fourth-order valence-electron chi connectivity index (χ4n) is 2.88. The van der Waals surface area contributed by atoms with Crippen LogP contribution >= 0.6 is 0 Å². The van der Waals surface area contributed by atoms with Crippen LogP contribution in [-0.2, 0) is 0 Å². The smallest absolute Gasteiger partial charge is 0.00671 e. The third-order valence-corrected chi connectivity index (χ3v) is 4.67. The van der Waals surface area contributed by atoms with Gasteiger partial charge in [-0.25, -0.2) is 0 Å². The molecule has 0 aromatic rings. The topological polar surface area (TPSA) is 15.3 Å². The quantitative estimate of drug-likeness (QED) is 0.551. The molecule has 2 atom stereocenters. The van der Waals surface area contributed by atoms with E-state index in [1.165, 1.54) is 58.0 Å². The van der Waals surface area contributed by atoms with Crippen molar-refractivity contribution in [2.75, 3.05) is 20.1 Å². The van der Waals surface area contributed by atoms with E-state index < -0.39 is 0 Å². The fourth-order valence-corrected chi connectivity index (χ4v) is 2.88. The largest absolute Gasteiger partial charge is 0.314 e. The average molecular weight is 254 g/mol. The Morgan fingerprint density at radius 2 is 1.94 bits per heavy atom. The van der Waals surface area contributed by atoms with Crippen LogP contribution in [0, 0.1) is 5.92 Å². The van der Waals surface area contributed by atoms with Crippen LogP contribution in [0.5, 0.6) is 0 Å². The highest BCUT2D eigenvalue weighted by atomic mass is 15.1. The summed E-state index contributed by atoms with van der Waals surface area (Å²) >= 11 is 0. The summed E-state index contributed by atoms with van der Waals surface area (Å²) in [5.41, 5.74) is 0. The Morgan fingerprint density at radius 1 is 1.17 bits per heavy atom. The molecule has 0 aromatic carbocycles. The Kier molecular flexibility index (Phi) is 7.92. The van der Waals surface area contributed by atoms with Gasteiger partial charge in [-0.3, -0.25) is 0 Å².